The lowest BCUT2D eigenvalue weighted by molar-refractivity contribution is -0.136. The predicted octanol–water partition coefficient (Wildman–Crippen LogP) is 5.29. The number of aryl methyl sites for hydroxylation is 1. The van der Waals surface area contributed by atoms with Crippen LogP contribution in [0.5, 0.6) is 0 Å². The number of alkyl halides is 3. The average Bonchev–Trinajstić information content (AvgIpc) is 3.61. The zero-order valence-electron chi connectivity index (χ0n) is 19.1. The Kier molecular flexibility index (Phi) is 6.44. The average molecular weight is 526 g/mol. The Balaban J connectivity index is 1.31. The molecule has 0 unspecified atom stereocenters. The van der Waals surface area contributed by atoms with Gasteiger partial charge in [-0.15, -0.1) is 0 Å². The highest BCUT2D eigenvalue weighted by molar-refractivity contribution is 6.35. The molecule has 0 N–H and O–H groups in total. The van der Waals surface area contributed by atoms with E-state index < -0.39 is 11.7 Å². The highest BCUT2D eigenvalue weighted by Crippen LogP contribution is 2.43. The van der Waals surface area contributed by atoms with Gasteiger partial charge in [0.2, 0.25) is 5.91 Å². The van der Waals surface area contributed by atoms with Crippen LogP contribution in [0.15, 0.2) is 24.3 Å². The number of carbonyl (C=O) groups is 1. The number of piperazine rings is 1. The van der Waals surface area contributed by atoms with Gasteiger partial charge in [0, 0.05) is 59.9 Å². The minimum Gasteiger partial charge on any atom is -0.339 e. The largest absolute Gasteiger partial charge is 0.417 e. The second kappa shape index (κ2) is 9.26. The number of fused-ring (bicyclic) bond motifs is 1. The van der Waals surface area contributed by atoms with E-state index in [9.17, 15) is 18.0 Å². The molecule has 2 aliphatic rings. The van der Waals surface area contributed by atoms with Crippen molar-refractivity contribution in [3.05, 3.63) is 56.8 Å². The van der Waals surface area contributed by atoms with E-state index in [0.29, 0.717) is 48.5 Å². The van der Waals surface area contributed by atoms with E-state index in [2.05, 4.69) is 15.0 Å². The molecule has 0 bridgehead atoms. The van der Waals surface area contributed by atoms with Crippen LogP contribution in [0, 0.1) is 6.92 Å². The Hall–Kier alpha value is -2.36. The monoisotopic (exact) mass is 525 g/mol. The summed E-state index contributed by atoms with van der Waals surface area (Å²) >= 11 is 12.6. The lowest BCUT2D eigenvalue weighted by Crippen LogP contribution is -2.49. The van der Waals surface area contributed by atoms with Crippen molar-refractivity contribution in [2.45, 2.75) is 44.9 Å². The minimum atomic E-state index is -4.52. The number of hydrogen-bond donors (Lipinski definition) is 0. The van der Waals surface area contributed by atoms with Crippen molar-refractivity contribution in [1.82, 2.24) is 24.6 Å². The van der Waals surface area contributed by atoms with Crippen molar-refractivity contribution < 1.29 is 18.0 Å². The standard InChI is InChI=1S/C24H24Cl2F3N5O/c1-14-22-17(24(27,28)29)11-20(15-5-6-15)30-23(22)34(31-14)13-21(35)33-9-7-32(8-10-33)12-16-18(25)3-2-4-19(16)26/h2-4,11,15H,5-10,12-13H2,1H3. The molecule has 5 rings (SSSR count). The first-order valence-electron chi connectivity index (χ1n) is 11.5. The molecule has 35 heavy (non-hydrogen) atoms. The van der Waals surface area contributed by atoms with Gasteiger partial charge in [0.1, 0.15) is 6.54 Å². The number of nitrogens with zero attached hydrogens (tertiary/aromatic N) is 5. The SMILES string of the molecule is Cc1nn(CC(=O)N2CCN(Cc3c(Cl)cccc3Cl)CC2)c2nc(C3CC3)cc(C(F)(F)F)c12. The number of carbonyl (C=O) groups excluding carboxylic acids is 1. The summed E-state index contributed by atoms with van der Waals surface area (Å²) in [6.07, 6.45) is -2.87. The maximum absolute atomic E-state index is 13.8. The zero-order chi connectivity index (χ0) is 24.9. The van der Waals surface area contributed by atoms with Crippen LogP contribution in [0.25, 0.3) is 11.0 Å². The number of amides is 1. The first kappa shape index (κ1) is 24.3. The molecule has 1 aromatic carbocycles. The van der Waals surface area contributed by atoms with Crippen molar-refractivity contribution in [3.8, 4) is 0 Å². The third kappa shape index (κ3) is 4.99. The Morgan fingerprint density at radius 2 is 1.77 bits per heavy atom. The number of halogens is 5. The van der Waals surface area contributed by atoms with Crippen LogP contribution in [0.1, 0.15) is 41.3 Å². The number of pyridine rings is 1. The van der Waals surface area contributed by atoms with E-state index in [0.717, 1.165) is 24.5 Å². The van der Waals surface area contributed by atoms with E-state index in [1.54, 1.807) is 23.1 Å². The van der Waals surface area contributed by atoms with Crippen molar-refractivity contribution in [2.24, 2.45) is 0 Å². The van der Waals surface area contributed by atoms with Gasteiger partial charge in [-0.05, 0) is 38.0 Å². The topological polar surface area (TPSA) is 54.3 Å². The summed E-state index contributed by atoms with van der Waals surface area (Å²) in [5.41, 5.74) is 0.890. The van der Waals surface area contributed by atoms with E-state index in [4.69, 9.17) is 23.2 Å². The van der Waals surface area contributed by atoms with Gasteiger partial charge in [0.15, 0.2) is 5.65 Å². The fourth-order valence-corrected chi connectivity index (χ4v) is 5.10. The van der Waals surface area contributed by atoms with Crippen LogP contribution >= 0.6 is 23.2 Å². The van der Waals surface area contributed by atoms with Gasteiger partial charge >= 0.3 is 6.18 Å². The molecular weight excluding hydrogens is 502 g/mol. The van der Waals surface area contributed by atoms with E-state index >= 15 is 0 Å². The molecule has 2 aromatic heterocycles. The highest BCUT2D eigenvalue weighted by atomic mass is 35.5. The van der Waals surface area contributed by atoms with Crippen molar-refractivity contribution in [3.63, 3.8) is 0 Å². The third-order valence-electron chi connectivity index (χ3n) is 6.65. The Bertz CT molecular complexity index is 1260. The molecule has 6 nitrogen and oxygen atoms in total. The smallest absolute Gasteiger partial charge is 0.339 e. The van der Waals surface area contributed by atoms with Crippen LogP contribution in [0.2, 0.25) is 10.0 Å². The lowest BCUT2D eigenvalue weighted by atomic mass is 10.1. The first-order chi connectivity index (χ1) is 16.6. The summed E-state index contributed by atoms with van der Waals surface area (Å²) < 4.78 is 42.7. The van der Waals surface area contributed by atoms with Gasteiger partial charge in [-0.1, -0.05) is 29.3 Å². The number of aromatic nitrogens is 3. The van der Waals surface area contributed by atoms with E-state index in [1.807, 2.05) is 0 Å². The molecule has 1 saturated carbocycles. The van der Waals surface area contributed by atoms with Crippen LogP contribution in [0.4, 0.5) is 13.2 Å². The third-order valence-corrected chi connectivity index (χ3v) is 7.36. The molecule has 2 fully saturated rings. The quantitative estimate of drug-likeness (QED) is 0.454. The normalized spacial score (nSPS) is 17.4. The molecule has 186 valence electrons. The van der Waals surface area contributed by atoms with Gasteiger partial charge in [-0.3, -0.25) is 9.69 Å². The molecule has 0 spiro atoms. The van der Waals surface area contributed by atoms with Crippen LogP contribution < -0.4 is 0 Å². The van der Waals surface area contributed by atoms with E-state index in [-0.39, 0.29) is 35.1 Å². The fraction of sp³-hybridized carbons (Fsp3) is 0.458. The van der Waals surface area contributed by atoms with E-state index in [1.165, 1.54) is 11.6 Å². The Morgan fingerprint density at radius 1 is 1.11 bits per heavy atom. The summed E-state index contributed by atoms with van der Waals surface area (Å²) in [5.74, 6) is -0.156. The summed E-state index contributed by atoms with van der Waals surface area (Å²) in [7, 11) is 0. The summed E-state index contributed by atoms with van der Waals surface area (Å²) in [4.78, 5) is 21.4. The number of benzene rings is 1. The molecular formula is C24H24Cl2F3N5O. The zero-order valence-corrected chi connectivity index (χ0v) is 20.6. The lowest BCUT2D eigenvalue weighted by Gasteiger charge is -2.35. The van der Waals surface area contributed by atoms with Crippen LogP contribution in [-0.4, -0.2) is 56.7 Å². The highest BCUT2D eigenvalue weighted by Gasteiger charge is 2.38. The van der Waals surface area contributed by atoms with Gasteiger partial charge in [0.25, 0.3) is 0 Å². The fourth-order valence-electron chi connectivity index (χ4n) is 4.59. The second-order valence-electron chi connectivity index (χ2n) is 9.17. The molecule has 3 heterocycles. The molecule has 1 saturated heterocycles. The second-order valence-corrected chi connectivity index (χ2v) is 9.98. The molecule has 1 aliphatic carbocycles. The molecule has 1 amide bonds. The van der Waals surface area contributed by atoms with Gasteiger partial charge < -0.3 is 4.90 Å². The molecule has 0 radical (unpaired) electrons. The Morgan fingerprint density at radius 3 is 2.37 bits per heavy atom. The summed E-state index contributed by atoms with van der Waals surface area (Å²) in [5, 5.41) is 5.46. The summed E-state index contributed by atoms with van der Waals surface area (Å²) in [6.45, 7) is 4.20. The molecule has 3 aromatic rings. The van der Waals surface area contributed by atoms with Gasteiger partial charge in [0.05, 0.1) is 16.6 Å². The number of hydrogen-bond acceptors (Lipinski definition) is 4. The van der Waals surface area contributed by atoms with Crippen LogP contribution in [-0.2, 0) is 24.1 Å². The first-order valence-corrected chi connectivity index (χ1v) is 12.3. The van der Waals surface area contributed by atoms with Crippen LogP contribution in [0.3, 0.4) is 0 Å². The van der Waals surface area contributed by atoms with Crippen molar-refractivity contribution in [2.75, 3.05) is 26.2 Å². The predicted molar refractivity (Wildman–Crippen MR) is 128 cm³/mol. The van der Waals surface area contributed by atoms with Gasteiger partial charge in [-0.25, -0.2) is 9.67 Å². The number of rotatable bonds is 5. The maximum atomic E-state index is 13.8. The summed E-state index contributed by atoms with van der Waals surface area (Å²) in [6, 6.07) is 6.54. The maximum Gasteiger partial charge on any atom is 0.417 e. The van der Waals surface area contributed by atoms with Crippen molar-refractivity contribution >= 4 is 40.1 Å². The Labute approximate surface area is 210 Å². The molecule has 1 aliphatic heterocycles. The van der Waals surface area contributed by atoms with Crippen molar-refractivity contribution in [1.29, 1.82) is 0 Å². The van der Waals surface area contributed by atoms with Gasteiger partial charge in [-0.2, -0.15) is 18.3 Å². The minimum absolute atomic E-state index is 0.0314. The molecule has 0 atom stereocenters. The molecule has 11 heteroatoms.